The summed E-state index contributed by atoms with van der Waals surface area (Å²) < 4.78 is 0. The van der Waals surface area contributed by atoms with Crippen LogP contribution in [-0.2, 0) is 9.59 Å². The van der Waals surface area contributed by atoms with Gasteiger partial charge in [0.25, 0.3) is 5.91 Å². The molecule has 2 aliphatic rings. The third kappa shape index (κ3) is 2.68. The highest BCUT2D eigenvalue weighted by atomic mass is 16.2. The van der Waals surface area contributed by atoms with Gasteiger partial charge in [0.1, 0.15) is 6.04 Å². The molecular formula is C16H19N3O3. The van der Waals surface area contributed by atoms with Crippen LogP contribution in [0.3, 0.4) is 0 Å². The number of carbonyl (C=O) groups is 3. The number of urea groups is 1. The summed E-state index contributed by atoms with van der Waals surface area (Å²) in [5.74, 6) is -0.166. The maximum Gasteiger partial charge on any atom is 0.324 e. The number of nitrogens with one attached hydrogen (secondary N) is 2. The van der Waals surface area contributed by atoms with E-state index >= 15 is 0 Å². The molecule has 1 aliphatic carbocycles. The van der Waals surface area contributed by atoms with Crippen LogP contribution in [0, 0.1) is 5.92 Å². The van der Waals surface area contributed by atoms with E-state index in [1.807, 2.05) is 0 Å². The Morgan fingerprint density at radius 3 is 2.64 bits per heavy atom. The van der Waals surface area contributed by atoms with E-state index < -0.39 is 12.1 Å². The highest BCUT2D eigenvalue weighted by Gasteiger charge is 2.36. The summed E-state index contributed by atoms with van der Waals surface area (Å²) in [5, 5.41) is 5.54. The Bertz CT molecular complexity index is 623. The number of carbonyl (C=O) groups excluding carboxylic acids is 3. The van der Waals surface area contributed by atoms with E-state index in [0.717, 1.165) is 30.6 Å². The molecule has 116 valence electrons. The van der Waals surface area contributed by atoms with Gasteiger partial charge >= 0.3 is 6.03 Å². The van der Waals surface area contributed by atoms with Crippen molar-refractivity contribution in [2.24, 2.45) is 5.92 Å². The van der Waals surface area contributed by atoms with E-state index in [0.29, 0.717) is 11.3 Å². The van der Waals surface area contributed by atoms with Crippen molar-refractivity contribution in [1.29, 1.82) is 0 Å². The predicted octanol–water partition coefficient (Wildman–Crippen LogP) is 2.04. The van der Waals surface area contributed by atoms with E-state index in [9.17, 15) is 14.4 Å². The minimum absolute atomic E-state index is 0.0357. The maximum absolute atomic E-state index is 12.2. The summed E-state index contributed by atoms with van der Waals surface area (Å²) in [7, 11) is 1.45. The second kappa shape index (κ2) is 5.79. The molecule has 4 amide bonds. The minimum Gasteiger partial charge on any atom is -0.326 e. The van der Waals surface area contributed by atoms with Crippen molar-refractivity contribution < 1.29 is 14.4 Å². The molecule has 1 aliphatic heterocycles. The smallest absolute Gasteiger partial charge is 0.324 e. The summed E-state index contributed by atoms with van der Waals surface area (Å²) in [4.78, 5) is 36.8. The Hall–Kier alpha value is -2.37. The van der Waals surface area contributed by atoms with Crippen molar-refractivity contribution in [3.05, 3.63) is 29.8 Å². The van der Waals surface area contributed by atoms with Gasteiger partial charge < -0.3 is 10.6 Å². The Morgan fingerprint density at radius 1 is 1.27 bits per heavy atom. The zero-order chi connectivity index (χ0) is 15.7. The summed E-state index contributed by atoms with van der Waals surface area (Å²) in [5.41, 5.74) is 1.33. The molecule has 1 heterocycles. The molecule has 0 spiro atoms. The zero-order valence-corrected chi connectivity index (χ0v) is 12.5. The van der Waals surface area contributed by atoms with Gasteiger partial charge in [-0.1, -0.05) is 25.0 Å². The largest absolute Gasteiger partial charge is 0.326 e. The van der Waals surface area contributed by atoms with Crippen molar-refractivity contribution in [3.8, 4) is 0 Å². The molecule has 6 nitrogen and oxygen atoms in total. The topological polar surface area (TPSA) is 78.5 Å². The lowest BCUT2D eigenvalue weighted by atomic mass is 10.0. The Kier molecular flexibility index (Phi) is 3.83. The number of amides is 4. The van der Waals surface area contributed by atoms with Crippen LogP contribution in [-0.4, -0.2) is 29.8 Å². The fourth-order valence-corrected chi connectivity index (χ4v) is 3.03. The van der Waals surface area contributed by atoms with Crippen molar-refractivity contribution in [2.75, 3.05) is 12.4 Å². The van der Waals surface area contributed by atoms with E-state index in [1.165, 1.54) is 7.05 Å². The second-order valence-electron chi connectivity index (χ2n) is 5.88. The van der Waals surface area contributed by atoms with Crippen LogP contribution in [0.15, 0.2) is 24.3 Å². The van der Waals surface area contributed by atoms with E-state index in [-0.39, 0.29) is 17.7 Å². The van der Waals surface area contributed by atoms with Crippen LogP contribution in [0.1, 0.15) is 37.3 Å². The first-order chi connectivity index (χ1) is 10.6. The standard InChI is InChI=1S/C16H19N3O3/c1-19-15(21)13(18-16(19)22)11-7-4-8-12(9-11)17-14(20)10-5-2-3-6-10/h4,7-10,13H,2-3,5-6H2,1H3,(H,17,20)(H,18,22). The molecule has 0 aromatic heterocycles. The highest BCUT2D eigenvalue weighted by Crippen LogP contribution is 2.27. The van der Waals surface area contributed by atoms with E-state index in [1.54, 1.807) is 24.3 Å². The molecule has 1 unspecified atom stereocenters. The molecule has 1 saturated heterocycles. The molecule has 1 atom stereocenters. The lowest BCUT2D eigenvalue weighted by Crippen LogP contribution is -2.25. The van der Waals surface area contributed by atoms with Crippen LogP contribution >= 0.6 is 0 Å². The van der Waals surface area contributed by atoms with Gasteiger partial charge in [-0.25, -0.2) is 4.79 Å². The van der Waals surface area contributed by atoms with Gasteiger partial charge in [0.15, 0.2) is 0 Å². The number of rotatable bonds is 3. The zero-order valence-electron chi connectivity index (χ0n) is 12.5. The highest BCUT2D eigenvalue weighted by molar-refractivity contribution is 6.04. The quantitative estimate of drug-likeness (QED) is 0.839. The number of hydrogen-bond acceptors (Lipinski definition) is 3. The summed E-state index contributed by atoms with van der Waals surface area (Å²) >= 11 is 0. The van der Waals surface area contributed by atoms with Gasteiger partial charge in [0, 0.05) is 18.7 Å². The Labute approximate surface area is 128 Å². The van der Waals surface area contributed by atoms with Gasteiger partial charge in [-0.05, 0) is 30.5 Å². The van der Waals surface area contributed by atoms with Gasteiger partial charge in [0.05, 0.1) is 0 Å². The van der Waals surface area contributed by atoms with Gasteiger partial charge in [0.2, 0.25) is 5.91 Å². The molecule has 2 fully saturated rings. The van der Waals surface area contributed by atoms with Crippen molar-refractivity contribution in [2.45, 2.75) is 31.7 Å². The number of hydrogen-bond donors (Lipinski definition) is 2. The molecule has 2 N–H and O–H groups in total. The summed E-state index contributed by atoms with van der Waals surface area (Å²) in [6.07, 6.45) is 4.08. The first-order valence-electron chi connectivity index (χ1n) is 7.55. The van der Waals surface area contributed by atoms with Crippen LogP contribution in [0.25, 0.3) is 0 Å². The number of benzene rings is 1. The molecular weight excluding hydrogens is 282 g/mol. The Balaban J connectivity index is 1.74. The first-order valence-corrected chi connectivity index (χ1v) is 7.55. The third-order valence-corrected chi connectivity index (χ3v) is 4.36. The van der Waals surface area contributed by atoms with Crippen LogP contribution in [0.5, 0.6) is 0 Å². The lowest BCUT2D eigenvalue weighted by molar-refractivity contribution is -0.126. The average molecular weight is 301 g/mol. The van der Waals surface area contributed by atoms with Crippen molar-refractivity contribution >= 4 is 23.5 Å². The summed E-state index contributed by atoms with van der Waals surface area (Å²) in [6, 6.07) is 6.00. The molecule has 6 heteroatoms. The minimum atomic E-state index is -0.680. The van der Waals surface area contributed by atoms with E-state index in [4.69, 9.17) is 0 Å². The molecule has 0 radical (unpaired) electrons. The van der Waals surface area contributed by atoms with Crippen molar-refractivity contribution in [1.82, 2.24) is 10.2 Å². The van der Waals surface area contributed by atoms with Crippen molar-refractivity contribution in [3.63, 3.8) is 0 Å². The molecule has 3 rings (SSSR count). The van der Waals surface area contributed by atoms with Crippen LogP contribution < -0.4 is 10.6 Å². The number of imide groups is 1. The van der Waals surface area contributed by atoms with Gasteiger partial charge in [-0.3, -0.25) is 14.5 Å². The van der Waals surface area contributed by atoms with Gasteiger partial charge in [-0.2, -0.15) is 0 Å². The van der Waals surface area contributed by atoms with Crippen LogP contribution in [0.4, 0.5) is 10.5 Å². The average Bonchev–Trinajstić information content (AvgIpc) is 3.13. The molecule has 22 heavy (non-hydrogen) atoms. The molecule has 1 aromatic carbocycles. The molecule has 1 aromatic rings. The fourth-order valence-electron chi connectivity index (χ4n) is 3.03. The normalized spacial score (nSPS) is 22.0. The molecule has 1 saturated carbocycles. The molecule has 0 bridgehead atoms. The SMILES string of the molecule is CN1C(=O)NC(c2cccc(NC(=O)C3CCCC3)c2)C1=O. The lowest BCUT2D eigenvalue weighted by Gasteiger charge is -2.13. The van der Waals surface area contributed by atoms with Gasteiger partial charge in [-0.15, -0.1) is 0 Å². The summed E-state index contributed by atoms with van der Waals surface area (Å²) in [6.45, 7) is 0. The van der Waals surface area contributed by atoms with Crippen LogP contribution in [0.2, 0.25) is 0 Å². The monoisotopic (exact) mass is 301 g/mol. The number of likely N-dealkylation sites (N-methyl/N-ethyl adjacent to an activating group) is 1. The predicted molar refractivity (Wildman–Crippen MR) is 81.1 cm³/mol. The maximum atomic E-state index is 12.2. The number of anilines is 1. The number of nitrogens with zero attached hydrogens (tertiary/aromatic N) is 1. The first kappa shape index (κ1) is 14.6. The third-order valence-electron chi connectivity index (χ3n) is 4.36. The Morgan fingerprint density at radius 2 is 2.00 bits per heavy atom. The second-order valence-corrected chi connectivity index (χ2v) is 5.88. The van der Waals surface area contributed by atoms with E-state index in [2.05, 4.69) is 10.6 Å². The fraction of sp³-hybridized carbons (Fsp3) is 0.438.